The van der Waals surface area contributed by atoms with Crippen molar-refractivity contribution in [2.45, 2.75) is 0 Å². The van der Waals surface area contributed by atoms with Crippen LogP contribution in [0.2, 0.25) is 0 Å². The quantitative estimate of drug-likeness (QED) is 0.644. The lowest BCUT2D eigenvalue weighted by molar-refractivity contribution is -0.119. The minimum atomic E-state index is -0.339. The molecule has 16 heavy (non-hydrogen) atoms. The molecule has 1 aromatic carbocycles. The smallest absolute Gasteiger partial charge is 0.239 e. The highest BCUT2D eigenvalue weighted by atomic mass is 127. The van der Waals surface area contributed by atoms with E-state index >= 15 is 0 Å². The number of anilines is 2. The van der Waals surface area contributed by atoms with Crippen molar-refractivity contribution < 1.29 is 9.18 Å². The van der Waals surface area contributed by atoms with E-state index < -0.39 is 0 Å². The molecule has 1 aromatic rings. The van der Waals surface area contributed by atoms with Gasteiger partial charge < -0.3 is 16.0 Å². The van der Waals surface area contributed by atoms with Gasteiger partial charge in [0, 0.05) is 20.2 Å². The predicted octanol–water partition coefficient (Wildman–Crippen LogP) is 1.19. The van der Waals surface area contributed by atoms with Gasteiger partial charge in [-0.2, -0.15) is 0 Å². The molecule has 0 aliphatic carbocycles. The minimum absolute atomic E-state index is 0.140. The zero-order valence-electron chi connectivity index (χ0n) is 9.05. The van der Waals surface area contributed by atoms with Crippen molar-refractivity contribution in [3.63, 3.8) is 0 Å². The molecule has 88 valence electrons. The average Bonchev–Trinajstić information content (AvgIpc) is 2.23. The Bertz CT molecular complexity index is 411. The van der Waals surface area contributed by atoms with Crippen molar-refractivity contribution in [3.05, 3.63) is 21.5 Å². The monoisotopic (exact) mass is 337 g/mol. The molecule has 0 heterocycles. The molecular weight excluding hydrogens is 324 g/mol. The standard InChI is InChI=1S/C10H13FIN3O/c1-14-10(16)5-15(2)9-3-6(11)7(12)4-8(9)13/h3-4H,5,13H2,1-2H3,(H,14,16). The zero-order valence-corrected chi connectivity index (χ0v) is 11.2. The number of amides is 1. The normalized spacial score (nSPS) is 10.0. The van der Waals surface area contributed by atoms with Crippen LogP contribution in [0.5, 0.6) is 0 Å². The minimum Gasteiger partial charge on any atom is -0.397 e. The Hall–Kier alpha value is -1.05. The largest absolute Gasteiger partial charge is 0.397 e. The Kier molecular flexibility index (Phi) is 4.34. The summed E-state index contributed by atoms with van der Waals surface area (Å²) in [5.41, 5.74) is 6.73. The lowest BCUT2D eigenvalue weighted by atomic mass is 10.2. The maximum Gasteiger partial charge on any atom is 0.239 e. The third-order valence-electron chi connectivity index (χ3n) is 2.14. The van der Waals surface area contributed by atoms with Gasteiger partial charge in [0.2, 0.25) is 5.91 Å². The topological polar surface area (TPSA) is 58.4 Å². The van der Waals surface area contributed by atoms with Crippen LogP contribution in [0.25, 0.3) is 0 Å². The summed E-state index contributed by atoms with van der Waals surface area (Å²) in [6.45, 7) is 0.140. The summed E-state index contributed by atoms with van der Waals surface area (Å²) in [7, 11) is 3.24. The van der Waals surface area contributed by atoms with E-state index in [-0.39, 0.29) is 18.3 Å². The number of halogens is 2. The van der Waals surface area contributed by atoms with Gasteiger partial charge in [-0.1, -0.05) is 0 Å². The van der Waals surface area contributed by atoms with E-state index in [2.05, 4.69) is 5.32 Å². The summed E-state index contributed by atoms with van der Waals surface area (Å²) in [6, 6.07) is 2.88. The van der Waals surface area contributed by atoms with Crippen molar-refractivity contribution >= 4 is 39.9 Å². The van der Waals surface area contributed by atoms with Crippen LogP contribution in [0, 0.1) is 9.39 Å². The van der Waals surface area contributed by atoms with Crippen LogP contribution in [-0.4, -0.2) is 26.5 Å². The van der Waals surface area contributed by atoms with E-state index in [0.29, 0.717) is 14.9 Å². The molecule has 4 nitrogen and oxygen atoms in total. The van der Waals surface area contributed by atoms with E-state index in [1.165, 1.54) is 6.07 Å². The van der Waals surface area contributed by atoms with Gasteiger partial charge >= 0.3 is 0 Å². The van der Waals surface area contributed by atoms with Crippen molar-refractivity contribution in [2.24, 2.45) is 0 Å². The first-order valence-electron chi connectivity index (χ1n) is 4.62. The van der Waals surface area contributed by atoms with E-state index in [4.69, 9.17) is 5.73 Å². The fourth-order valence-corrected chi connectivity index (χ4v) is 1.75. The van der Waals surface area contributed by atoms with Gasteiger partial charge in [-0.15, -0.1) is 0 Å². The Morgan fingerprint density at radius 3 is 2.81 bits per heavy atom. The first-order valence-corrected chi connectivity index (χ1v) is 5.69. The van der Waals surface area contributed by atoms with Crippen LogP contribution in [0.3, 0.4) is 0 Å². The average molecular weight is 337 g/mol. The number of benzene rings is 1. The fraction of sp³-hybridized carbons (Fsp3) is 0.300. The third kappa shape index (κ3) is 2.97. The van der Waals surface area contributed by atoms with Crippen molar-refractivity contribution in [2.75, 3.05) is 31.3 Å². The molecular formula is C10H13FIN3O. The maximum absolute atomic E-state index is 13.3. The summed E-state index contributed by atoms with van der Waals surface area (Å²) in [5, 5.41) is 2.49. The number of carbonyl (C=O) groups is 1. The highest BCUT2D eigenvalue weighted by molar-refractivity contribution is 14.1. The first-order chi connectivity index (χ1) is 7.45. The molecule has 3 N–H and O–H groups in total. The molecule has 0 aromatic heterocycles. The number of hydrogen-bond donors (Lipinski definition) is 2. The van der Waals surface area contributed by atoms with E-state index in [1.807, 2.05) is 22.6 Å². The molecule has 0 atom stereocenters. The fourth-order valence-electron chi connectivity index (χ4n) is 1.26. The summed E-state index contributed by atoms with van der Waals surface area (Å²) >= 11 is 1.87. The molecule has 1 rings (SSSR count). The Balaban J connectivity index is 2.95. The van der Waals surface area contributed by atoms with E-state index in [0.717, 1.165) is 0 Å². The number of hydrogen-bond acceptors (Lipinski definition) is 3. The second-order valence-corrected chi connectivity index (χ2v) is 4.52. The molecule has 0 unspecified atom stereocenters. The van der Waals surface area contributed by atoms with Gasteiger partial charge in [0.05, 0.1) is 21.5 Å². The van der Waals surface area contributed by atoms with Crippen molar-refractivity contribution in [1.29, 1.82) is 0 Å². The van der Waals surface area contributed by atoms with Gasteiger partial charge in [0.1, 0.15) is 5.82 Å². The number of rotatable bonds is 3. The summed E-state index contributed by atoms with van der Waals surface area (Å²) in [5.74, 6) is -0.491. The number of likely N-dealkylation sites (N-methyl/N-ethyl adjacent to an activating group) is 2. The molecule has 0 aliphatic rings. The third-order valence-corrected chi connectivity index (χ3v) is 2.97. The molecule has 0 aliphatic heterocycles. The van der Waals surface area contributed by atoms with Crippen LogP contribution < -0.4 is 16.0 Å². The number of carbonyl (C=O) groups excluding carboxylic acids is 1. The second-order valence-electron chi connectivity index (χ2n) is 3.35. The number of nitrogen functional groups attached to an aromatic ring is 1. The van der Waals surface area contributed by atoms with Gasteiger partial charge in [-0.3, -0.25) is 4.79 Å². The van der Waals surface area contributed by atoms with E-state index in [9.17, 15) is 9.18 Å². The van der Waals surface area contributed by atoms with Crippen LogP contribution in [-0.2, 0) is 4.79 Å². The molecule has 0 spiro atoms. The van der Waals surface area contributed by atoms with Gasteiger partial charge in [0.15, 0.2) is 0 Å². The van der Waals surface area contributed by atoms with Crippen LogP contribution in [0.15, 0.2) is 12.1 Å². The molecule has 6 heteroatoms. The molecule has 0 bridgehead atoms. The highest BCUT2D eigenvalue weighted by Gasteiger charge is 2.12. The number of nitrogens with one attached hydrogen (secondary N) is 1. The lowest BCUT2D eigenvalue weighted by Crippen LogP contribution is -2.33. The summed E-state index contributed by atoms with van der Waals surface area (Å²) in [6.07, 6.45) is 0. The van der Waals surface area contributed by atoms with Crippen molar-refractivity contribution in [3.8, 4) is 0 Å². The zero-order chi connectivity index (χ0) is 12.3. The van der Waals surface area contributed by atoms with Crippen molar-refractivity contribution in [1.82, 2.24) is 5.32 Å². The molecule has 0 saturated carbocycles. The van der Waals surface area contributed by atoms with Gasteiger partial charge in [-0.25, -0.2) is 4.39 Å². The Labute approximate surface area is 107 Å². The lowest BCUT2D eigenvalue weighted by Gasteiger charge is -2.20. The molecule has 1 amide bonds. The SMILES string of the molecule is CNC(=O)CN(C)c1cc(F)c(I)cc1N. The molecule has 0 fully saturated rings. The van der Waals surface area contributed by atoms with Crippen LogP contribution in [0.4, 0.5) is 15.8 Å². The Morgan fingerprint density at radius 1 is 1.62 bits per heavy atom. The van der Waals surface area contributed by atoms with Gasteiger partial charge in [0.25, 0.3) is 0 Å². The number of nitrogens with zero attached hydrogens (tertiary/aromatic N) is 1. The highest BCUT2D eigenvalue weighted by Crippen LogP contribution is 2.26. The molecule has 0 saturated heterocycles. The Morgan fingerprint density at radius 2 is 2.25 bits per heavy atom. The summed E-state index contributed by atoms with van der Waals surface area (Å²) < 4.78 is 13.8. The van der Waals surface area contributed by atoms with Crippen LogP contribution >= 0.6 is 22.6 Å². The number of nitrogens with two attached hydrogens (primary N) is 1. The summed E-state index contributed by atoms with van der Waals surface area (Å²) in [4.78, 5) is 12.8. The van der Waals surface area contributed by atoms with Gasteiger partial charge in [-0.05, 0) is 28.7 Å². The van der Waals surface area contributed by atoms with Crippen LogP contribution in [0.1, 0.15) is 0 Å². The second kappa shape index (κ2) is 5.33. The predicted molar refractivity (Wildman–Crippen MR) is 70.9 cm³/mol. The first kappa shape index (κ1) is 13.0. The van der Waals surface area contributed by atoms with E-state index in [1.54, 1.807) is 25.1 Å². The maximum atomic E-state index is 13.3. The molecule has 0 radical (unpaired) electrons.